The predicted octanol–water partition coefficient (Wildman–Crippen LogP) is 4.01. The van der Waals surface area contributed by atoms with Crippen LogP contribution < -0.4 is 5.43 Å². The standard InChI is InChI=1S/C20H19N3O/c1-2-15-8-10-16(11-9-15)13-22-23-20(24)18-12-19(21-14-18)17-6-4-3-5-7-17/h3-14,21H,2H2,1H3,(H,23,24)/b22-13+. The first-order chi connectivity index (χ1) is 11.8. The van der Waals surface area contributed by atoms with Gasteiger partial charge in [0.25, 0.3) is 5.91 Å². The fourth-order valence-electron chi connectivity index (χ4n) is 2.38. The zero-order chi connectivity index (χ0) is 16.8. The van der Waals surface area contributed by atoms with E-state index in [4.69, 9.17) is 0 Å². The van der Waals surface area contributed by atoms with Crippen molar-refractivity contribution in [3.63, 3.8) is 0 Å². The van der Waals surface area contributed by atoms with Gasteiger partial charge in [0.05, 0.1) is 11.8 Å². The van der Waals surface area contributed by atoms with Gasteiger partial charge in [-0.05, 0) is 29.2 Å². The molecule has 120 valence electrons. The summed E-state index contributed by atoms with van der Waals surface area (Å²) >= 11 is 0. The lowest BCUT2D eigenvalue weighted by molar-refractivity contribution is 0.0955. The first-order valence-corrected chi connectivity index (χ1v) is 7.92. The monoisotopic (exact) mass is 317 g/mol. The number of amides is 1. The molecule has 1 heterocycles. The number of aromatic nitrogens is 1. The lowest BCUT2D eigenvalue weighted by Crippen LogP contribution is -2.16. The Hall–Kier alpha value is -3.14. The highest BCUT2D eigenvalue weighted by Crippen LogP contribution is 2.18. The molecule has 0 aliphatic rings. The molecule has 0 atom stereocenters. The molecule has 1 aromatic heterocycles. The summed E-state index contributed by atoms with van der Waals surface area (Å²) in [6, 6.07) is 19.8. The van der Waals surface area contributed by atoms with E-state index in [0.29, 0.717) is 5.56 Å². The molecule has 4 heteroatoms. The van der Waals surface area contributed by atoms with Gasteiger partial charge in [-0.2, -0.15) is 5.10 Å². The largest absolute Gasteiger partial charge is 0.360 e. The third-order valence-electron chi connectivity index (χ3n) is 3.80. The van der Waals surface area contributed by atoms with E-state index in [1.54, 1.807) is 12.4 Å². The number of aryl methyl sites for hydroxylation is 1. The Balaban J connectivity index is 1.62. The van der Waals surface area contributed by atoms with Crippen LogP contribution in [0, 0.1) is 0 Å². The minimum atomic E-state index is -0.241. The molecule has 3 rings (SSSR count). The fourth-order valence-corrected chi connectivity index (χ4v) is 2.38. The van der Waals surface area contributed by atoms with Gasteiger partial charge in [0.1, 0.15) is 0 Å². The van der Waals surface area contributed by atoms with Crippen molar-refractivity contribution < 1.29 is 4.79 Å². The van der Waals surface area contributed by atoms with E-state index in [-0.39, 0.29) is 5.91 Å². The van der Waals surface area contributed by atoms with Crippen molar-refractivity contribution in [1.82, 2.24) is 10.4 Å². The van der Waals surface area contributed by atoms with Gasteiger partial charge in [0.2, 0.25) is 0 Å². The lowest BCUT2D eigenvalue weighted by Gasteiger charge is -1.98. The second kappa shape index (κ2) is 7.42. The van der Waals surface area contributed by atoms with E-state index in [2.05, 4.69) is 34.6 Å². The molecule has 24 heavy (non-hydrogen) atoms. The molecule has 1 amide bonds. The van der Waals surface area contributed by atoms with Crippen LogP contribution in [-0.4, -0.2) is 17.1 Å². The number of hydrogen-bond acceptors (Lipinski definition) is 2. The maximum absolute atomic E-state index is 12.1. The first-order valence-electron chi connectivity index (χ1n) is 7.92. The third-order valence-corrected chi connectivity index (χ3v) is 3.80. The Morgan fingerprint density at radius 2 is 1.88 bits per heavy atom. The van der Waals surface area contributed by atoms with Gasteiger partial charge in [-0.25, -0.2) is 5.43 Å². The average Bonchev–Trinajstić information content (AvgIpc) is 3.13. The molecular formula is C20H19N3O. The second-order valence-electron chi connectivity index (χ2n) is 5.46. The topological polar surface area (TPSA) is 57.2 Å². The van der Waals surface area contributed by atoms with Gasteiger partial charge in [0.15, 0.2) is 0 Å². The number of aromatic amines is 1. The lowest BCUT2D eigenvalue weighted by atomic mass is 10.1. The van der Waals surface area contributed by atoms with E-state index in [1.165, 1.54) is 5.56 Å². The molecule has 2 aromatic carbocycles. The normalized spacial score (nSPS) is 10.9. The van der Waals surface area contributed by atoms with Crippen LogP contribution in [0.15, 0.2) is 72.0 Å². The second-order valence-corrected chi connectivity index (χ2v) is 5.46. The van der Waals surface area contributed by atoms with Crippen molar-refractivity contribution in [3.8, 4) is 11.3 Å². The van der Waals surface area contributed by atoms with Crippen molar-refractivity contribution in [2.24, 2.45) is 5.10 Å². The maximum Gasteiger partial charge on any atom is 0.272 e. The molecule has 0 aliphatic carbocycles. The molecule has 0 aliphatic heterocycles. The average molecular weight is 317 g/mol. The van der Waals surface area contributed by atoms with Crippen LogP contribution in [0.4, 0.5) is 0 Å². The van der Waals surface area contributed by atoms with Crippen LogP contribution in [0.2, 0.25) is 0 Å². The number of hydrogen-bond donors (Lipinski definition) is 2. The van der Waals surface area contributed by atoms with Crippen molar-refractivity contribution in [2.45, 2.75) is 13.3 Å². The summed E-state index contributed by atoms with van der Waals surface area (Å²) < 4.78 is 0. The number of benzene rings is 2. The van der Waals surface area contributed by atoms with Crippen LogP contribution in [0.5, 0.6) is 0 Å². The van der Waals surface area contributed by atoms with Gasteiger partial charge >= 0.3 is 0 Å². The Morgan fingerprint density at radius 3 is 2.58 bits per heavy atom. The molecule has 0 unspecified atom stereocenters. The smallest absolute Gasteiger partial charge is 0.272 e. The summed E-state index contributed by atoms with van der Waals surface area (Å²) in [6.45, 7) is 2.11. The van der Waals surface area contributed by atoms with E-state index in [9.17, 15) is 4.79 Å². The summed E-state index contributed by atoms with van der Waals surface area (Å²) in [7, 11) is 0. The van der Waals surface area contributed by atoms with Crippen LogP contribution >= 0.6 is 0 Å². The highest BCUT2D eigenvalue weighted by molar-refractivity contribution is 5.95. The van der Waals surface area contributed by atoms with Crippen LogP contribution in [0.3, 0.4) is 0 Å². The number of nitrogens with zero attached hydrogens (tertiary/aromatic N) is 1. The SMILES string of the molecule is CCc1ccc(/C=N/NC(=O)c2c[nH]c(-c3ccccc3)c2)cc1. The minimum absolute atomic E-state index is 0.241. The summed E-state index contributed by atoms with van der Waals surface area (Å²) in [5.41, 5.74) is 7.27. The number of hydrazone groups is 1. The fraction of sp³-hybridized carbons (Fsp3) is 0.100. The Labute approximate surface area is 141 Å². The molecule has 0 saturated heterocycles. The molecule has 0 bridgehead atoms. The van der Waals surface area contributed by atoms with E-state index >= 15 is 0 Å². The van der Waals surface area contributed by atoms with Gasteiger partial charge in [0, 0.05) is 11.9 Å². The van der Waals surface area contributed by atoms with Crippen molar-refractivity contribution in [2.75, 3.05) is 0 Å². The molecule has 3 aromatic rings. The van der Waals surface area contributed by atoms with E-state index < -0.39 is 0 Å². The van der Waals surface area contributed by atoms with Crippen LogP contribution in [-0.2, 0) is 6.42 Å². The molecule has 0 spiro atoms. The molecule has 2 N–H and O–H groups in total. The van der Waals surface area contributed by atoms with Crippen molar-refractivity contribution in [1.29, 1.82) is 0 Å². The summed E-state index contributed by atoms with van der Waals surface area (Å²) in [6.07, 6.45) is 4.33. The number of nitrogens with one attached hydrogen (secondary N) is 2. The number of carbonyl (C=O) groups is 1. The Morgan fingerprint density at radius 1 is 1.12 bits per heavy atom. The summed E-state index contributed by atoms with van der Waals surface area (Å²) in [5, 5.41) is 4.02. The van der Waals surface area contributed by atoms with Gasteiger partial charge in [-0.1, -0.05) is 61.5 Å². The molecule has 4 nitrogen and oxygen atoms in total. The molecule has 0 fully saturated rings. The Kier molecular flexibility index (Phi) is 4.87. The summed E-state index contributed by atoms with van der Waals surface area (Å²) in [4.78, 5) is 15.2. The third kappa shape index (κ3) is 3.79. The minimum Gasteiger partial charge on any atom is -0.360 e. The van der Waals surface area contributed by atoms with Crippen LogP contribution in [0.1, 0.15) is 28.4 Å². The first kappa shape index (κ1) is 15.7. The highest BCUT2D eigenvalue weighted by atomic mass is 16.2. The number of carbonyl (C=O) groups excluding carboxylic acids is 1. The van der Waals surface area contributed by atoms with Crippen molar-refractivity contribution >= 4 is 12.1 Å². The van der Waals surface area contributed by atoms with Crippen molar-refractivity contribution in [3.05, 3.63) is 83.6 Å². The molecular weight excluding hydrogens is 298 g/mol. The zero-order valence-electron chi connectivity index (χ0n) is 13.5. The predicted molar refractivity (Wildman–Crippen MR) is 97.1 cm³/mol. The summed E-state index contributed by atoms with van der Waals surface area (Å²) in [5.74, 6) is -0.241. The molecule has 0 radical (unpaired) electrons. The number of rotatable bonds is 5. The maximum atomic E-state index is 12.1. The van der Waals surface area contributed by atoms with E-state index in [0.717, 1.165) is 23.2 Å². The van der Waals surface area contributed by atoms with Gasteiger partial charge in [-0.15, -0.1) is 0 Å². The van der Waals surface area contributed by atoms with E-state index in [1.807, 2.05) is 48.5 Å². The van der Waals surface area contributed by atoms with Gasteiger partial charge < -0.3 is 4.98 Å². The highest BCUT2D eigenvalue weighted by Gasteiger charge is 2.08. The van der Waals surface area contributed by atoms with Crippen LogP contribution in [0.25, 0.3) is 11.3 Å². The number of H-pyrrole nitrogens is 1. The zero-order valence-corrected chi connectivity index (χ0v) is 13.5. The van der Waals surface area contributed by atoms with Gasteiger partial charge in [-0.3, -0.25) is 4.79 Å². The quantitative estimate of drug-likeness (QED) is 0.542. The molecule has 0 saturated carbocycles. The Bertz CT molecular complexity index is 833.